The van der Waals surface area contributed by atoms with Crippen LogP contribution in [-0.4, -0.2) is 14.9 Å². The van der Waals surface area contributed by atoms with Gasteiger partial charge in [0.15, 0.2) is 0 Å². The van der Waals surface area contributed by atoms with Crippen LogP contribution in [0.25, 0.3) is 0 Å². The number of hydrogen-bond acceptors (Lipinski definition) is 5. The lowest BCUT2D eigenvalue weighted by Gasteiger charge is -2.03. The average Bonchev–Trinajstić information content (AvgIpc) is 2.33. The Morgan fingerprint density at radius 1 is 1.18 bits per heavy atom. The lowest BCUT2D eigenvalue weighted by molar-refractivity contribution is -0.384. The van der Waals surface area contributed by atoms with E-state index in [4.69, 9.17) is 4.74 Å². The molecular weight excluding hydrogens is 222 g/mol. The Hall–Kier alpha value is -2.50. The van der Waals surface area contributed by atoms with E-state index in [1.165, 1.54) is 30.5 Å². The van der Waals surface area contributed by atoms with E-state index < -0.39 is 4.92 Å². The zero-order valence-electron chi connectivity index (χ0n) is 9.03. The van der Waals surface area contributed by atoms with Crippen LogP contribution in [0.2, 0.25) is 0 Å². The smallest absolute Gasteiger partial charge is 0.269 e. The Labute approximate surface area is 97.1 Å². The zero-order valence-corrected chi connectivity index (χ0v) is 9.03. The highest BCUT2D eigenvalue weighted by Crippen LogP contribution is 2.21. The van der Waals surface area contributed by atoms with Gasteiger partial charge in [0, 0.05) is 12.1 Å². The van der Waals surface area contributed by atoms with E-state index in [2.05, 4.69) is 9.97 Å². The van der Waals surface area contributed by atoms with Crippen LogP contribution in [0, 0.1) is 17.0 Å². The Morgan fingerprint density at radius 2 is 1.88 bits per heavy atom. The number of rotatable bonds is 3. The fourth-order valence-corrected chi connectivity index (χ4v) is 1.19. The predicted octanol–water partition coefficient (Wildman–Crippen LogP) is 2.49. The summed E-state index contributed by atoms with van der Waals surface area (Å²) in [5.41, 5.74) is 0.813. The highest BCUT2D eigenvalue weighted by Gasteiger charge is 2.05. The molecule has 17 heavy (non-hydrogen) atoms. The molecule has 0 fully saturated rings. The van der Waals surface area contributed by atoms with Crippen LogP contribution in [0.3, 0.4) is 0 Å². The lowest BCUT2D eigenvalue weighted by Crippen LogP contribution is -1.91. The van der Waals surface area contributed by atoms with Crippen molar-refractivity contribution in [1.29, 1.82) is 0 Å². The molecule has 2 rings (SSSR count). The van der Waals surface area contributed by atoms with Gasteiger partial charge in [-0.05, 0) is 19.1 Å². The number of aryl methyl sites for hydroxylation is 1. The number of benzene rings is 1. The molecule has 0 N–H and O–H groups in total. The molecule has 6 heteroatoms. The van der Waals surface area contributed by atoms with Gasteiger partial charge >= 0.3 is 0 Å². The topological polar surface area (TPSA) is 78.2 Å². The maximum Gasteiger partial charge on any atom is 0.269 e. The summed E-state index contributed by atoms with van der Waals surface area (Å²) in [4.78, 5) is 18.0. The van der Waals surface area contributed by atoms with Gasteiger partial charge in [0.1, 0.15) is 5.75 Å². The second-order valence-corrected chi connectivity index (χ2v) is 3.35. The molecule has 2 aromatic rings. The third-order valence-electron chi connectivity index (χ3n) is 2.03. The summed E-state index contributed by atoms with van der Waals surface area (Å²) in [6.45, 7) is 1.82. The highest BCUT2D eigenvalue weighted by molar-refractivity contribution is 5.37. The van der Waals surface area contributed by atoms with Crippen molar-refractivity contribution in [2.24, 2.45) is 0 Å². The van der Waals surface area contributed by atoms with Crippen molar-refractivity contribution in [2.75, 3.05) is 0 Å². The number of non-ortho nitro benzene ring substituents is 1. The van der Waals surface area contributed by atoms with Crippen molar-refractivity contribution in [3.8, 4) is 11.6 Å². The summed E-state index contributed by atoms with van der Waals surface area (Å²) in [5.74, 6) is 0.832. The van der Waals surface area contributed by atoms with Crippen molar-refractivity contribution in [1.82, 2.24) is 9.97 Å². The number of aromatic nitrogens is 2. The number of ether oxygens (including phenoxy) is 1. The fourth-order valence-electron chi connectivity index (χ4n) is 1.19. The summed E-state index contributed by atoms with van der Waals surface area (Å²) in [6.07, 6.45) is 3.08. The maximum absolute atomic E-state index is 10.5. The Kier molecular flexibility index (Phi) is 2.95. The number of hydrogen-bond donors (Lipinski definition) is 0. The molecule has 0 radical (unpaired) electrons. The number of nitrogens with zero attached hydrogens (tertiary/aromatic N) is 3. The fraction of sp³-hybridized carbons (Fsp3) is 0.0909. The minimum Gasteiger partial charge on any atom is -0.437 e. The van der Waals surface area contributed by atoms with Crippen molar-refractivity contribution in [2.45, 2.75) is 6.92 Å². The first kappa shape index (κ1) is 11.0. The molecule has 6 nitrogen and oxygen atoms in total. The summed E-state index contributed by atoms with van der Waals surface area (Å²) in [6, 6.07) is 5.77. The first-order valence-electron chi connectivity index (χ1n) is 4.86. The SMILES string of the molecule is Cc1cnc(Oc2ccc([N+](=O)[O-])cc2)cn1. The van der Waals surface area contributed by atoms with Gasteiger partial charge in [0.2, 0.25) is 5.88 Å². The average molecular weight is 231 g/mol. The van der Waals surface area contributed by atoms with Gasteiger partial charge in [-0.3, -0.25) is 15.1 Å². The predicted molar refractivity (Wildman–Crippen MR) is 59.9 cm³/mol. The molecule has 0 saturated heterocycles. The summed E-state index contributed by atoms with van der Waals surface area (Å²) in [7, 11) is 0. The second-order valence-electron chi connectivity index (χ2n) is 3.35. The molecule has 0 bridgehead atoms. The van der Waals surface area contributed by atoms with Crippen LogP contribution in [0.15, 0.2) is 36.7 Å². The van der Waals surface area contributed by atoms with E-state index in [9.17, 15) is 10.1 Å². The molecule has 0 aliphatic heterocycles. The molecule has 0 aliphatic carbocycles. The summed E-state index contributed by atoms with van der Waals surface area (Å²) >= 11 is 0. The molecule has 0 amide bonds. The van der Waals surface area contributed by atoms with Crippen LogP contribution in [-0.2, 0) is 0 Å². The van der Waals surface area contributed by atoms with Gasteiger partial charge in [0.05, 0.1) is 23.0 Å². The molecule has 0 saturated carbocycles. The first-order valence-corrected chi connectivity index (χ1v) is 4.86. The standard InChI is InChI=1S/C11H9N3O3/c1-8-6-13-11(7-12-8)17-10-4-2-9(3-5-10)14(15)16/h2-7H,1H3. The minimum absolute atomic E-state index is 0.0207. The Bertz CT molecular complexity index is 523. The van der Waals surface area contributed by atoms with Crippen molar-refractivity contribution < 1.29 is 9.66 Å². The normalized spacial score (nSPS) is 9.94. The molecule has 1 heterocycles. The van der Waals surface area contributed by atoms with Crippen LogP contribution in [0.4, 0.5) is 5.69 Å². The van der Waals surface area contributed by atoms with E-state index in [1.807, 2.05) is 6.92 Å². The van der Waals surface area contributed by atoms with Gasteiger partial charge in [-0.25, -0.2) is 4.98 Å². The maximum atomic E-state index is 10.5. The van der Waals surface area contributed by atoms with Gasteiger partial charge in [0.25, 0.3) is 5.69 Å². The summed E-state index contributed by atoms with van der Waals surface area (Å²) in [5, 5.41) is 10.5. The monoisotopic (exact) mass is 231 g/mol. The van der Waals surface area contributed by atoms with Crippen LogP contribution >= 0.6 is 0 Å². The highest BCUT2D eigenvalue weighted by atomic mass is 16.6. The molecular formula is C11H9N3O3. The largest absolute Gasteiger partial charge is 0.437 e. The summed E-state index contributed by atoms with van der Waals surface area (Å²) < 4.78 is 5.37. The van der Waals surface area contributed by atoms with E-state index >= 15 is 0 Å². The van der Waals surface area contributed by atoms with E-state index in [-0.39, 0.29) is 5.69 Å². The molecule has 1 aromatic heterocycles. The van der Waals surface area contributed by atoms with Crippen molar-refractivity contribution >= 4 is 5.69 Å². The van der Waals surface area contributed by atoms with Crippen LogP contribution in [0.1, 0.15) is 5.69 Å². The van der Waals surface area contributed by atoms with Gasteiger partial charge in [-0.15, -0.1) is 0 Å². The molecule has 0 aliphatic rings. The molecule has 0 unspecified atom stereocenters. The van der Waals surface area contributed by atoms with Crippen LogP contribution in [0.5, 0.6) is 11.6 Å². The van der Waals surface area contributed by atoms with Crippen molar-refractivity contribution in [3.05, 3.63) is 52.5 Å². The first-order chi connectivity index (χ1) is 8.15. The molecule has 0 atom stereocenters. The van der Waals surface area contributed by atoms with Crippen molar-refractivity contribution in [3.63, 3.8) is 0 Å². The number of nitro benzene ring substituents is 1. The number of nitro groups is 1. The third-order valence-corrected chi connectivity index (χ3v) is 2.03. The second kappa shape index (κ2) is 4.56. The minimum atomic E-state index is -0.463. The van der Waals surface area contributed by atoms with Crippen LogP contribution < -0.4 is 4.74 Å². The molecule has 86 valence electrons. The van der Waals surface area contributed by atoms with E-state index in [1.54, 1.807) is 6.20 Å². The molecule has 1 aromatic carbocycles. The quantitative estimate of drug-likeness (QED) is 0.599. The zero-order chi connectivity index (χ0) is 12.3. The van der Waals surface area contributed by atoms with Gasteiger partial charge in [-0.1, -0.05) is 0 Å². The third kappa shape index (κ3) is 2.75. The van der Waals surface area contributed by atoms with Gasteiger partial charge < -0.3 is 4.74 Å². The Balaban J connectivity index is 2.13. The van der Waals surface area contributed by atoms with E-state index in [0.717, 1.165) is 5.69 Å². The lowest BCUT2D eigenvalue weighted by atomic mass is 10.3. The Morgan fingerprint density at radius 3 is 2.41 bits per heavy atom. The molecule has 0 spiro atoms. The van der Waals surface area contributed by atoms with E-state index in [0.29, 0.717) is 11.6 Å². The van der Waals surface area contributed by atoms with Gasteiger partial charge in [-0.2, -0.15) is 0 Å².